The van der Waals surface area contributed by atoms with E-state index in [2.05, 4.69) is 60.0 Å². The van der Waals surface area contributed by atoms with E-state index in [-0.39, 0.29) is 5.91 Å². The Morgan fingerprint density at radius 1 is 0.885 bits per heavy atom. The van der Waals surface area contributed by atoms with Crippen molar-refractivity contribution in [1.29, 1.82) is 0 Å². The second-order valence-corrected chi connectivity index (χ2v) is 7.41. The number of rotatable bonds is 3. The van der Waals surface area contributed by atoms with Crippen LogP contribution >= 0.6 is 0 Å². The van der Waals surface area contributed by atoms with Crippen LogP contribution in [-0.4, -0.2) is 50.1 Å². The SMILES string of the molecule is Cc1cccc(N2CCN(CC(=O)N3CCc4ccccc43)CC2)c1C. The Balaban J connectivity index is 1.36. The lowest BCUT2D eigenvalue weighted by Gasteiger charge is -2.37. The van der Waals surface area contributed by atoms with Crippen LogP contribution < -0.4 is 9.80 Å². The third kappa shape index (κ3) is 3.21. The first kappa shape index (κ1) is 17.1. The minimum Gasteiger partial charge on any atom is -0.369 e. The van der Waals surface area contributed by atoms with Crippen molar-refractivity contribution in [2.45, 2.75) is 20.3 Å². The summed E-state index contributed by atoms with van der Waals surface area (Å²) in [5, 5.41) is 0. The second kappa shape index (κ2) is 7.12. The average molecular weight is 349 g/mol. The first-order valence-corrected chi connectivity index (χ1v) is 9.55. The van der Waals surface area contributed by atoms with Crippen molar-refractivity contribution in [3.05, 3.63) is 59.2 Å². The molecule has 0 spiro atoms. The number of carbonyl (C=O) groups is 1. The highest BCUT2D eigenvalue weighted by atomic mass is 16.2. The quantitative estimate of drug-likeness (QED) is 0.852. The van der Waals surface area contributed by atoms with Gasteiger partial charge in [-0.2, -0.15) is 0 Å². The summed E-state index contributed by atoms with van der Waals surface area (Å²) in [5.41, 5.74) is 6.44. The van der Waals surface area contributed by atoms with Crippen LogP contribution in [-0.2, 0) is 11.2 Å². The van der Waals surface area contributed by atoms with Gasteiger partial charge in [0.1, 0.15) is 0 Å². The number of nitrogens with zero attached hydrogens (tertiary/aromatic N) is 3. The average Bonchev–Trinajstić information content (AvgIpc) is 3.09. The molecule has 26 heavy (non-hydrogen) atoms. The van der Waals surface area contributed by atoms with E-state index in [0.29, 0.717) is 6.54 Å². The maximum atomic E-state index is 12.8. The Bertz CT molecular complexity index is 809. The largest absolute Gasteiger partial charge is 0.369 e. The van der Waals surface area contributed by atoms with Crippen molar-refractivity contribution in [2.24, 2.45) is 0 Å². The second-order valence-electron chi connectivity index (χ2n) is 7.41. The summed E-state index contributed by atoms with van der Waals surface area (Å²) in [6.07, 6.45) is 0.975. The third-order valence-electron chi connectivity index (χ3n) is 5.84. The molecule has 1 amide bonds. The van der Waals surface area contributed by atoms with Gasteiger partial charge in [0.25, 0.3) is 0 Å². The maximum Gasteiger partial charge on any atom is 0.241 e. The number of benzene rings is 2. The number of anilines is 2. The molecule has 0 radical (unpaired) electrons. The van der Waals surface area contributed by atoms with Gasteiger partial charge in [0.15, 0.2) is 0 Å². The molecule has 0 atom stereocenters. The van der Waals surface area contributed by atoms with Crippen LogP contribution in [0.3, 0.4) is 0 Å². The Hall–Kier alpha value is -2.33. The monoisotopic (exact) mass is 349 g/mol. The van der Waals surface area contributed by atoms with E-state index >= 15 is 0 Å². The Labute approximate surface area is 156 Å². The lowest BCUT2D eigenvalue weighted by atomic mass is 10.1. The number of aryl methyl sites for hydroxylation is 1. The zero-order chi connectivity index (χ0) is 18.1. The van der Waals surface area contributed by atoms with Crippen LogP contribution in [0.5, 0.6) is 0 Å². The van der Waals surface area contributed by atoms with E-state index in [9.17, 15) is 4.79 Å². The number of amides is 1. The molecule has 4 nitrogen and oxygen atoms in total. The summed E-state index contributed by atoms with van der Waals surface area (Å²) in [6, 6.07) is 14.8. The van der Waals surface area contributed by atoms with Crippen LogP contribution in [0.4, 0.5) is 11.4 Å². The molecular weight excluding hydrogens is 322 g/mol. The summed E-state index contributed by atoms with van der Waals surface area (Å²) in [5.74, 6) is 0.232. The van der Waals surface area contributed by atoms with Crippen LogP contribution in [0.2, 0.25) is 0 Å². The van der Waals surface area contributed by atoms with Gasteiger partial charge < -0.3 is 9.80 Å². The molecule has 2 aliphatic rings. The smallest absolute Gasteiger partial charge is 0.241 e. The fourth-order valence-electron chi connectivity index (χ4n) is 4.10. The molecule has 4 heteroatoms. The van der Waals surface area contributed by atoms with Gasteiger partial charge in [0.2, 0.25) is 5.91 Å². The van der Waals surface area contributed by atoms with Gasteiger partial charge in [-0.25, -0.2) is 0 Å². The third-order valence-corrected chi connectivity index (χ3v) is 5.84. The van der Waals surface area contributed by atoms with Gasteiger partial charge in [0.05, 0.1) is 6.54 Å². The zero-order valence-electron chi connectivity index (χ0n) is 15.7. The van der Waals surface area contributed by atoms with E-state index in [1.54, 1.807) is 0 Å². The van der Waals surface area contributed by atoms with E-state index in [4.69, 9.17) is 0 Å². The van der Waals surface area contributed by atoms with Crippen molar-refractivity contribution >= 4 is 17.3 Å². The number of para-hydroxylation sites is 1. The van der Waals surface area contributed by atoms with Gasteiger partial charge in [-0.15, -0.1) is 0 Å². The summed E-state index contributed by atoms with van der Waals surface area (Å²) < 4.78 is 0. The molecule has 0 N–H and O–H groups in total. The van der Waals surface area contributed by atoms with E-state index in [1.165, 1.54) is 22.4 Å². The Morgan fingerprint density at radius 2 is 1.62 bits per heavy atom. The number of hydrogen-bond acceptors (Lipinski definition) is 3. The summed E-state index contributed by atoms with van der Waals surface area (Å²) in [6.45, 7) is 9.55. The highest BCUT2D eigenvalue weighted by molar-refractivity contribution is 5.96. The van der Waals surface area contributed by atoms with Crippen LogP contribution in [0, 0.1) is 13.8 Å². The van der Waals surface area contributed by atoms with Gasteiger partial charge in [-0.3, -0.25) is 9.69 Å². The molecule has 2 aliphatic heterocycles. The maximum absolute atomic E-state index is 12.8. The van der Waals surface area contributed by atoms with Crippen molar-refractivity contribution in [3.63, 3.8) is 0 Å². The van der Waals surface area contributed by atoms with Gasteiger partial charge >= 0.3 is 0 Å². The summed E-state index contributed by atoms with van der Waals surface area (Å²) in [4.78, 5) is 19.5. The molecule has 1 saturated heterocycles. The molecule has 4 rings (SSSR count). The number of carbonyl (C=O) groups excluding carboxylic acids is 1. The van der Waals surface area contributed by atoms with E-state index in [1.807, 2.05) is 11.0 Å². The molecule has 0 unspecified atom stereocenters. The number of fused-ring (bicyclic) bond motifs is 1. The van der Waals surface area contributed by atoms with E-state index < -0.39 is 0 Å². The predicted octanol–water partition coefficient (Wildman–Crippen LogP) is 3.01. The molecule has 1 fully saturated rings. The number of piperazine rings is 1. The predicted molar refractivity (Wildman–Crippen MR) is 107 cm³/mol. The molecule has 2 aromatic carbocycles. The zero-order valence-corrected chi connectivity index (χ0v) is 15.7. The Morgan fingerprint density at radius 3 is 2.42 bits per heavy atom. The molecule has 0 aromatic heterocycles. The fourth-order valence-corrected chi connectivity index (χ4v) is 4.10. The van der Waals surface area contributed by atoms with Crippen molar-refractivity contribution < 1.29 is 4.79 Å². The standard InChI is InChI=1S/C22H27N3O/c1-17-6-5-9-20(18(17)2)24-14-12-23(13-15-24)16-22(26)25-11-10-19-7-3-4-8-21(19)25/h3-9H,10-16H2,1-2H3. The lowest BCUT2D eigenvalue weighted by Crippen LogP contribution is -2.50. The summed E-state index contributed by atoms with van der Waals surface area (Å²) in [7, 11) is 0. The van der Waals surface area contributed by atoms with Crippen molar-refractivity contribution in [2.75, 3.05) is 49.1 Å². The van der Waals surface area contributed by atoms with Crippen LogP contribution in [0.25, 0.3) is 0 Å². The van der Waals surface area contributed by atoms with Gasteiger partial charge in [-0.05, 0) is 49.1 Å². The lowest BCUT2D eigenvalue weighted by molar-refractivity contribution is -0.119. The van der Waals surface area contributed by atoms with Gasteiger partial charge in [0, 0.05) is 44.1 Å². The molecule has 2 heterocycles. The normalized spacial score (nSPS) is 17.5. The fraction of sp³-hybridized carbons (Fsp3) is 0.409. The molecule has 136 valence electrons. The topological polar surface area (TPSA) is 26.8 Å². The van der Waals surface area contributed by atoms with E-state index in [0.717, 1.165) is 44.8 Å². The molecular formula is C22H27N3O. The minimum atomic E-state index is 0.232. The first-order chi connectivity index (χ1) is 12.6. The first-order valence-electron chi connectivity index (χ1n) is 9.55. The minimum absolute atomic E-state index is 0.232. The van der Waals surface area contributed by atoms with Crippen molar-refractivity contribution in [3.8, 4) is 0 Å². The molecule has 0 bridgehead atoms. The molecule has 2 aromatic rings. The molecule has 0 saturated carbocycles. The molecule has 0 aliphatic carbocycles. The van der Waals surface area contributed by atoms with Crippen molar-refractivity contribution in [1.82, 2.24) is 4.90 Å². The van der Waals surface area contributed by atoms with Crippen LogP contribution in [0.1, 0.15) is 16.7 Å². The van der Waals surface area contributed by atoms with Crippen LogP contribution in [0.15, 0.2) is 42.5 Å². The highest BCUT2D eigenvalue weighted by Gasteiger charge is 2.27. The number of hydrogen-bond donors (Lipinski definition) is 0. The van der Waals surface area contributed by atoms with Gasteiger partial charge in [-0.1, -0.05) is 30.3 Å². The summed E-state index contributed by atoms with van der Waals surface area (Å²) >= 11 is 0. The Kier molecular flexibility index (Phi) is 4.68. The highest BCUT2D eigenvalue weighted by Crippen LogP contribution is 2.28.